The molecule has 1 N–H and O–H groups in total. The van der Waals surface area contributed by atoms with E-state index in [9.17, 15) is 13.6 Å². The Morgan fingerprint density at radius 2 is 2.00 bits per heavy atom. The fraction of sp³-hybridized carbons (Fsp3) is 0.0714. The van der Waals surface area contributed by atoms with Crippen molar-refractivity contribution in [2.45, 2.75) is 5.38 Å². The molecule has 0 fully saturated rings. The molecule has 1 atom stereocenters. The molecule has 0 bridgehead atoms. The highest BCUT2D eigenvalue weighted by Crippen LogP contribution is 2.32. The van der Waals surface area contributed by atoms with Crippen molar-refractivity contribution in [3.63, 3.8) is 0 Å². The maximum atomic E-state index is 13.7. The fourth-order valence-corrected chi connectivity index (χ4v) is 2.32. The first-order valence-corrected chi connectivity index (χ1v) is 6.20. The largest absolute Gasteiger partial charge is 0.417 e. The van der Waals surface area contributed by atoms with Crippen LogP contribution in [0.15, 0.2) is 45.6 Å². The Bertz CT molecular complexity index is 841. The summed E-state index contributed by atoms with van der Waals surface area (Å²) in [5.41, 5.74) is 1.37. The summed E-state index contributed by atoms with van der Waals surface area (Å²) in [6.45, 7) is 0. The molecule has 6 heteroatoms. The van der Waals surface area contributed by atoms with Gasteiger partial charge in [-0.2, -0.15) is 0 Å². The molecule has 0 saturated carbocycles. The van der Waals surface area contributed by atoms with Gasteiger partial charge in [-0.15, -0.1) is 11.6 Å². The third-order valence-corrected chi connectivity index (χ3v) is 3.48. The number of benzene rings is 2. The first kappa shape index (κ1) is 12.9. The zero-order chi connectivity index (χ0) is 14.3. The maximum Gasteiger partial charge on any atom is 0.417 e. The SMILES string of the molecule is O=c1[nH]c2ccc(C(Cl)c3cccc(F)c3F)cc2o1. The molecule has 2 aromatic carbocycles. The molecule has 0 aliphatic rings. The summed E-state index contributed by atoms with van der Waals surface area (Å²) in [6.07, 6.45) is 0. The number of aromatic nitrogens is 1. The van der Waals surface area contributed by atoms with Gasteiger partial charge >= 0.3 is 5.76 Å². The molecule has 1 heterocycles. The molecular formula is C14H8ClF2NO2. The average molecular weight is 296 g/mol. The molecule has 0 aliphatic carbocycles. The van der Waals surface area contributed by atoms with E-state index in [-0.39, 0.29) is 5.56 Å². The summed E-state index contributed by atoms with van der Waals surface area (Å²) < 4.78 is 31.8. The van der Waals surface area contributed by atoms with Crippen molar-refractivity contribution in [2.75, 3.05) is 0 Å². The smallest absolute Gasteiger partial charge is 0.408 e. The summed E-state index contributed by atoms with van der Waals surface area (Å²) in [4.78, 5) is 13.6. The number of oxazole rings is 1. The van der Waals surface area contributed by atoms with Crippen LogP contribution >= 0.6 is 11.6 Å². The highest BCUT2D eigenvalue weighted by atomic mass is 35.5. The summed E-state index contributed by atoms with van der Waals surface area (Å²) >= 11 is 6.18. The van der Waals surface area contributed by atoms with E-state index in [0.717, 1.165) is 6.07 Å². The minimum absolute atomic E-state index is 0.0314. The van der Waals surface area contributed by atoms with Crippen LogP contribution in [0.3, 0.4) is 0 Å². The summed E-state index contributed by atoms with van der Waals surface area (Å²) in [7, 11) is 0. The van der Waals surface area contributed by atoms with Crippen LogP contribution in [0, 0.1) is 11.6 Å². The predicted octanol–water partition coefficient (Wildman–Crippen LogP) is 3.73. The van der Waals surface area contributed by atoms with E-state index in [4.69, 9.17) is 16.0 Å². The van der Waals surface area contributed by atoms with E-state index in [1.54, 1.807) is 12.1 Å². The molecule has 0 spiro atoms. The molecule has 0 aliphatic heterocycles. The Morgan fingerprint density at radius 3 is 2.80 bits per heavy atom. The highest BCUT2D eigenvalue weighted by molar-refractivity contribution is 6.22. The van der Waals surface area contributed by atoms with Crippen LogP contribution in [0.4, 0.5) is 8.78 Å². The Balaban J connectivity index is 2.09. The minimum Gasteiger partial charge on any atom is -0.408 e. The van der Waals surface area contributed by atoms with E-state index in [2.05, 4.69) is 4.98 Å². The van der Waals surface area contributed by atoms with Crippen LogP contribution in [0.2, 0.25) is 0 Å². The Morgan fingerprint density at radius 1 is 1.20 bits per heavy atom. The molecule has 0 amide bonds. The van der Waals surface area contributed by atoms with Crippen molar-refractivity contribution >= 4 is 22.7 Å². The second kappa shape index (κ2) is 4.76. The van der Waals surface area contributed by atoms with Gasteiger partial charge in [-0.25, -0.2) is 13.6 Å². The van der Waals surface area contributed by atoms with Gasteiger partial charge in [-0.05, 0) is 23.8 Å². The van der Waals surface area contributed by atoms with Crippen molar-refractivity contribution in [3.05, 3.63) is 69.7 Å². The standard InChI is InChI=1S/C14H8ClF2NO2/c15-12(8-2-1-3-9(16)13(8)17)7-4-5-10-11(6-7)20-14(19)18-10/h1-6,12H,(H,18,19). The zero-order valence-corrected chi connectivity index (χ0v) is 10.7. The van der Waals surface area contributed by atoms with Crippen LogP contribution in [-0.4, -0.2) is 4.98 Å². The van der Waals surface area contributed by atoms with E-state index in [1.807, 2.05) is 0 Å². The number of aromatic amines is 1. The lowest BCUT2D eigenvalue weighted by Gasteiger charge is -2.11. The molecular weight excluding hydrogens is 288 g/mol. The van der Waals surface area contributed by atoms with Crippen LogP contribution in [-0.2, 0) is 0 Å². The number of H-pyrrole nitrogens is 1. The lowest BCUT2D eigenvalue weighted by atomic mass is 10.0. The number of hydrogen-bond acceptors (Lipinski definition) is 2. The van der Waals surface area contributed by atoms with E-state index in [0.29, 0.717) is 16.7 Å². The molecule has 102 valence electrons. The van der Waals surface area contributed by atoms with Gasteiger partial charge in [0.2, 0.25) is 0 Å². The van der Waals surface area contributed by atoms with Gasteiger partial charge in [0.1, 0.15) is 0 Å². The van der Waals surface area contributed by atoms with Crippen LogP contribution in [0.1, 0.15) is 16.5 Å². The number of hydrogen-bond donors (Lipinski definition) is 1. The van der Waals surface area contributed by atoms with E-state index in [1.165, 1.54) is 18.2 Å². The summed E-state index contributed by atoms with van der Waals surface area (Å²) in [5.74, 6) is -2.52. The van der Waals surface area contributed by atoms with Crippen molar-refractivity contribution in [3.8, 4) is 0 Å². The minimum atomic E-state index is -0.983. The molecule has 1 unspecified atom stereocenters. The molecule has 0 radical (unpaired) electrons. The summed E-state index contributed by atoms with van der Waals surface area (Å²) in [6, 6.07) is 8.57. The van der Waals surface area contributed by atoms with Crippen LogP contribution in [0.5, 0.6) is 0 Å². The predicted molar refractivity (Wildman–Crippen MR) is 70.9 cm³/mol. The quantitative estimate of drug-likeness (QED) is 0.732. The third kappa shape index (κ3) is 2.10. The van der Waals surface area contributed by atoms with Gasteiger partial charge in [0.05, 0.1) is 10.9 Å². The molecule has 20 heavy (non-hydrogen) atoms. The van der Waals surface area contributed by atoms with Crippen molar-refractivity contribution in [2.24, 2.45) is 0 Å². The molecule has 0 saturated heterocycles. The van der Waals surface area contributed by atoms with E-state index < -0.39 is 22.8 Å². The molecule has 3 rings (SSSR count). The number of rotatable bonds is 2. The maximum absolute atomic E-state index is 13.7. The normalized spacial score (nSPS) is 12.8. The number of fused-ring (bicyclic) bond motifs is 1. The average Bonchev–Trinajstić information content (AvgIpc) is 2.80. The van der Waals surface area contributed by atoms with Gasteiger partial charge < -0.3 is 4.42 Å². The first-order chi connectivity index (χ1) is 9.56. The molecule has 3 nitrogen and oxygen atoms in total. The number of nitrogens with one attached hydrogen (secondary N) is 1. The second-order valence-electron chi connectivity index (χ2n) is 4.28. The highest BCUT2D eigenvalue weighted by Gasteiger charge is 2.18. The monoisotopic (exact) mass is 295 g/mol. The third-order valence-electron chi connectivity index (χ3n) is 2.99. The Labute approximate surface area is 116 Å². The van der Waals surface area contributed by atoms with Gasteiger partial charge in [0.15, 0.2) is 17.2 Å². The molecule has 1 aromatic heterocycles. The van der Waals surface area contributed by atoms with Crippen molar-refractivity contribution in [1.29, 1.82) is 0 Å². The van der Waals surface area contributed by atoms with Gasteiger partial charge in [-0.3, -0.25) is 4.98 Å². The number of halogens is 3. The van der Waals surface area contributed by atoms with E-state index >= 15 is 0 Å². The van der Waals surface area contributed by atoms with Crippen LogP contribution in [0.25, 0.3) is 11.1 Å². The van der Waals surface area contributed by atoms with Crippen molar-refractivity contribution in [1.82, 2.24) is 4.98 Å². The Hall–Kier alpha value is -2.14. The zero-order valence-electron chi connectivity index (χ0n) is 9.99. The Kier molecular flexibility index (Phi) is 3.06. The van der Waals surface area contributed by atoms with Gasteiger partial charge in [0.25, 0.3) is 0 Å². The molecule has 3 aromatic rings. The van der Waals surface area contributed by atoms with Crippen LogP contribution < -0.4 is 5.76 Å². The lowest BCUT2D eigenvalue weighted by molar-refractivity contribution is 0.500. The topological polar surface area (TPSA) is 46.0 Å². The van der Waals surface area contributed by atoms with Crippen molar-refractivity contribution < 1.29 is 13.2 Å². The lowest BCUT2D eigenvalue weighted by Crippen LogP contribution is -1.99. The van der Waals surface area contributed by atoms with Gasteiger partial charge in [-0.1, -0.05) is 18.2 Å². The summed E-state index contributed by atoms with van der Waals surface area (Å²) in [5, 5.41) is -0.879. The van der Waals surface area contributed by atoms with Gasteiger partial charge in [0, 0.05) is 5.56 Å². The second-order valence-corrected chi connectivity index (χ2v) is 4.71. The first-order valence-electron chi connectivity index (χ1n) is 5.77. The fourth-order valence-electron chi connectivity index (χ4n) is 2.02. The number of alkyl halides is 1.